The van der Waals surface area contributed by atoms with Crippen LogP contribution in [0, 0.1) is 20.8 Å². The first-order chi connectivity index (χ1) is 9.47. The van der Waals surface area contributed by atoms with Gasteiger partial charge in [0.25, 0.3) is 5.91 Å². The van der Waals surface area contributed by atoms with Crippen LogP contribution >= 0.6 is 0 Å². The minimum Gasteiger partial charge on any atom is -0.421 e. The summed E-state index contributed by atoms with van der Waals surface area (Å²) in [6, 6.07) is 1.91. The van der Waals surface area contributed by atoms with Crippen LogP contribution in [0.25, 0.3) is 11.5 Å². The van der Waals surface area contributed by atoms with E-state index in [-0.39, 0.29) is 5.91 Å². The standard InChI is InChI=1S/C14H14N4O2/c1-6-5-10-12(15-8(3)13(19)16-10)11(7(6)2)14-18-17-9(4)20-14/h5,15H,3H2,1-2,4H3,(H,16,19). The number of anilines is 2. The summed E-state index contributed by atoms with van der Waals surface area (Å²) in [5.41, 5.74) is 4.56. The van der Waals surface area contributed by atoms with Gasteiger partial charge in [0.15, 0.2) is 0 Å². The second-order valence-electron chi connectivity index (χ2n) is 4.80. The molecular formula is C14H14N4O2. The zero-order valence-corrected chi connectivity index (χ0v) is 11.5. The summed E-state index contributed by atoms with van der Waals surface area (Å²) in [6.07, 6.45) is 0. The summed E-state index contributed by atoms with van der Waals surface area (Å²) >= 11 is 0. The number of amides is 1. The molecule has 0 aliphatic carbocycles. The third kappa shape index (κ3) is 1.77. The molecule has 0 atom stereocenters. The van der Waals surface area contributed by atoms with Gasteiger partial charge in [0.05, 0.1) is 22.6 Å². The third-order valence-corrected chi connectivity index (χ3v) is 3.38. The average Bonchev–Trinajstić information content (AvgIpc) is 2.80. The molecule has 102 valence electrons. The van der Waals surface area contributed by atoms with Crippen LogP contribution in [0.15, 0.2) is 22.8 Å². The molecule has 0 spiro atoms. The fraction of sp³-hybridized carbons (Fsp3) is 0.214. The normalized spacial score (nSPS) is 13.8. The molecule has 1 aromatic heterocycles. The molecule has 0 saturated heterocycles. The number of carbonyl (C=O) groups is 1. The molecule has 0 bridgehead atoms. The number of hydrogen-bond acceptors (Lipinski definition) is 5. The smallest absolute Gasteiger partial charge is 0.271 e. The highest BCUT2D eigenvalue weighted by atomic mass is 16.4. The number of fused-ring (bicyclic) bond motifs is 1. The molecule has 2 N–H and O–H groups in total. The zero-order valence-electron chi connectivity index (χ0n) is 11.5. The van der Waals surface area contributed by atoms with Crippen LogP contribution in [-0.2, 0) is 4.79 Å². The molecule has 0 saturated carbocycles. The molecule has 6 heteroatoms. The van der Waals surface area contributed by atoms with Gasteiger partial charge in [0.1, 0.15) is 0 Å². The lowest BCUT2D eigenvalue weighted by molar-refractivity contribution is -0.112. The Morgan fingerprint density at radius 3 is 2.60 bits per heavy atom. The second-order valence-corrected chi connectivity index (χ2v) is 4.80. The number of carbonyl (C=O) groups excluding carboxylic acids is 1. The third-order valence-electron chi connectivity index (χ3n) is 3.38. The SMILES string of the molecule is C=C1Nc2c(cc(C)c(C)c2-c2nnc(C)o2)NC1=O. The summed E-state index contributed by atoms with van der Waals surface area (Å²) in [5.74, 6) is 0.679. The number of benzene rings is 1. The molecule has 2 heterocycles. The van der Waals surface area contributed by atoms with Crippen molar-refractivity contribution in [2.75, 3.05) is 10.6 Å². The summed E-state index contributed by atoms with van der Waals surface area (Å²) in [6.45, 7) is 9.38. The number of nitrogens with zero attached hydrogens (tertiary/aromatic N) is 2. The van der Waals surface area contributed by atoms with Crippen molar-refractivity contribution in [3.8, 4) is 11.5 Å². The Balaban J connectivity index is 2.28. The maximum atomic E-state index is 11.7. The van der Waals surface area contributed by atoms with E-state index in [4.69, 9.17) is 4.42 Å². The van der Waals surface area contributed by atoms with E-state index < -0.39 is 0 Å². The van der Waals surface area contributed by atoms with E-state index in [9.17, 15) is 4.79 Å². The first kappa shape index (κ1) is 12.4. The Morgan fingerprint density at radius 1 is 1.20 bits per heavy atom. The summed E-state index contributed by atoms with van der Waals surface area (Å²) in [7, 11) is 0. The van der Waals surface area contributed by atoms with E-state index in [0.29, 0.717) is 23.2 Å². The van der Waals surface area contributed by atoms with Crippen LogP contribution in [0.1, 0.15) is 17.0 Å². The molecular weight excluding hydrogens is 256 g/mol. The van der Waals surface area contributed by atoms with Gasteiger partial charge in [-0.05, 0) is 31.0 Å². The van der Waals surface area contributed by atoms with E-state index in [2.05, 4.69) is 27.4 Å². The minimum atomic E-state index is -0.242. The van der Waals surface area contributed by atoms with E-state index in [0.717, 1.165) is 22.4 Å². The fourth-order valence-corrected chi connectivity index (χ4v) is 2.22. The van der Waals surface area contributed by atoms with Crippen molar-refractivity contribution in [1.29, 1.82) is 0 Å². The van der Waals surface area contributed by atoms with Crippen LogP contribution in [0.4, 0.5) is 11.4 Å². The molecule has 0 fully saturated rings. The summed E-state index contributed by atoms with van der Waals surface area (Å²) in [5, 5.41) is 13.8. The Labute approximate surface area is 115 Å². The first-order valence-corrected chi connectivity index (χ1v) is 6.19. The number of hydrogen-bond donors (Lipinski definition) is 2. The van der Waals surface area contributed by atoms with E-state index in [1.165, 1.54) is 0 Å². The molecule has 0 radical (unpaired) electrons. The van der Waals surface area contributed by atoms with E-state index in [1.54, 1.807) is 6.92 Å². The molecule has 6 nitrogen and oxygen atoms in total. The average molecular weight is 270 g/mol. The van der Waals surface area contributed by atoms with Crippen molar-refractivity contribution < 1.29 is 9.21 Å². The summed E-state index contributed by atoms with van der Waals surface area (Å²) in [4.78, 5) is 11.7. The van der Waals surface area contributed by atoms with Crippen molar-refractivity contribution in [1.82, 2.24) is 10.2 Å². The molecule has 1 aromatic carbocycles. The van der Waals surface area contributed by atoms with E-state index in [1.807, 2.05) is 19.9 Å². The quantitative estimate of drug-likeness (QED) is 0.778. The van der Waals surface area contributed by atoms with Crippen LogP contribution in [-0.4, -0.2) is 16.1 Å². The maximum absolute atomic E-state index is 11.7. The van der Waals surface area contributed by atoms with Crippen molar-refractivity contribution in [2.45, 2.75) is 20.8 Å². The highest BCUT2D eigenvalue weighted by Gasteiger charge is 2.25. The van der Waals surface area contributed by atoms with Gasteiger partial charge in [0.2, 0.25) is 11.8 Å². The van der Waals surface area contributed by atoms with Crippen molar-refractivity contribution in [2.24, 2.45) is 0 Å². The monoisotopic (exact) mass is 270 g/mol. The minimum absolute atomic E-state index is 0.242. The van der Waals surface area contributed by atoms with Gasteiger partial charge in [-0.25, -0.2) is 0 Å². The largest absolute Gasteiger partial charge is 0.421 e. The molecule has 1 aliphatic rings. The lowest BCUT2D eigenvalue weighted by Crippen LogP contribution is -2.25. The van der Waals surface area contributed by atoms with Crippen LogP contribution in [0.2, 0.25) is 0 Å². The van der Waals surface area contributed by atoms with Crippen molar-refractivity contribution >= 4 is 17.3 Å². The van der Waals surface area contributed by atoms with Gasteiger partial charge in [0, 0.05) is 6.92 Å². The highest BCUT2D eigenvalue weighted by Crippen LogP contribution is 2.40. The summed E-state index contributed by atoms with van der Waals surface area (Å²) < 4.78 is 5.53. The molecule has 0 unspecified atom stereocenters. The first-order valence-electron chi connectivity index (χ1n) is 6.19. The molecule has 3 rings (SSSR count). The van der Waals surface area contributed by atoms with E-state index >= 15 is 0 Å². The highest BCUT2D eigenvalue weighted by molar-refractivity contribution is 6.13. The Hall–Kier alpha value is -2.63. The Kier molecular flexibility index (Phi) is 2.60. The molecule has 20 heavy (non-hydrogen) atoms. The fourth-order valence-electron chi connectivity index (χ4n) is 2.22. The zero-order chi connectivity index (χ0) is 14.4. The van der Waals surface area contributed by atoms with Gasteiger partial charge in [-0.1, -0.05) is 6.58 Å². The van der Waals surface area contributed by atoms with Gasteiger partial charge in [-0.3, -0.25) is 4.79 Å². The number of nitrogens with one attached hydrogen (secondary N) is 2. The van der Waals surface area contributed by atoms with Gasteiger partial charge < -0.3 is 15.1 Å². The maximum Gasteiger partial charge on any atom is 0.271 e. The van der Waals surface area contributed by atoms with Crippen molar-refractivity contribution in [3.05, 3.63) is 35.4 Å². The Bertz CT molecular complexity index is 746. The topological polar surface area (TPSA) is 80.1 Å². The van der Waals surface area contributed by atoms with Crippen LogP contribution in [0.3, 0.4) is 0 Å². The van der Waals surface area contributed by atoms with Gasteiger partial charge in [-0.15, -0.1) is 10.2 Å². The molecule has 1 aliphatic heterocycles. The number of aryl methyl sites for hydroxylation is 2. The van der Waals surface area contributed by atoms with Crippen LogP contribution in [0.5, 0.6) is 0 Å². The molecule has 1 amide bonds. The Morgan fingerprint density at radius 2 is 1.95 bits per heavy atom. The lowest BCUT2D eigenvalue weighted by atomic mass is 9.98. The predicted octanol–water partition coefficient (Wildman–Crippen LogP) is 2.54. The number of aromatic nitrogens is 2. The number of rotatable bonds is 1. The van der Waals surface area contributed by atoms with Gasteiger partial charge in [-0.2, -0.15) is 0 Å². The lowest BCUT2D eigenvalue weighted by Gasteiger charge is -2.24. The van der Waals surface area contributed by atoms with Crippen LogP contribution < -0.4 is 10.6 Å². The molecule has 2 aromatic rings. The predicted molar refractivity (Wildman–Crippen MR) is 75.3 cm³/mol. The van der Waals surface area contributed by atoms with Crippen molar-refractivity contribution in [3.63, 3.8) is 0 Å². The second kappa shape index (κ2) is 4.19. The van der Waals surface area contributed by atoms with Gasteiger partial charge >= 0.3 is 0 Å².